The first-order chi connectivity index (χ1) is 13.5. The van der Waals surface area contributed by atoms with Gasteiger partial charge in [0, 0.05) is 21.7 Å². The molecule has 0 aliphatic carbocycles. The lowest BCUT2D eigenvalue weighted by Crippen LogP contribution is -2.23. The van der Waals surface area contributed by atoms with Gasteiger partial charge in [-0.3, -0.25) is 9.59 Å². The van der Waals surface area contributed by atoms with Crippen LogP contribution in [0.1, 0.15) is 27.4 Å². The van der Waals surface area contributed by atoms with Gasteiger partial charge in [-0.15, -0.1) is 0 Å². The summed E-state index contributed by atoms with van der Waals surface area (Å²) in [5.41, 5.74) is 1.65. The summed E-state index contributed by atoms with van der Waals surface area (Å²) in [4.78, 5) is 25.3. The number of esters is 1. The van der Waals surface area contributed by atoms with Gasteiger partial charge in [-0.25, -0.2) is 0 Å². The molecule has 0 fully saturated rings. The van der Waals surface area contributed by atoms with E-state index in [1.165, 1.54) is 12.1 Å². The standard InChI is InChI=1S/C22H14Cl2O4/c23-13-9-10-14(17(24)11-13)18(25)12-27-22(26)21-15-5-1-3-7-19(15)28-20-8-4-2-6-16(20)21/h1-11,21H,12H2. The fourth-order valence-electron chi connectivity index (χ4n) is 3.18. The van der Waals surface area contributed by atoms with Gasteiger partial charge < -0.3 is 9.47 Å². The third-order valence-electron chi connectivity index (χ3n) is 4.49. The molecule has 0 bridgehead atoms. The molecule has 4 nitrogen and oxygen atoms in total. The average molecular weight is 413 g/mol. The van der Waals surface area contributed by atoms with Crippen molar-refractivity contribution < 1.29 is 19.1 Å². The van der Waals surface area contributed by atoms with Crippen molar-refractivity contribution in [2.75, 3.05) is 6.61 Å². The number of fused-ring (bicyclic) bond motifs is 2. The van der Waals surface area contributed by atoms with Crippen LogP contribution >= 0.6 is 23.2 Å². The van der Waals surface area contributed by atoms with Crippen molar-refractivity contribution in [1.29, 1.82) is 0 Å². The van der Waals surface area contributed by atoms with Gasteiger partial charge in [0.15, 0.2) is 6.61 Å². The van der Waals surface area contributed by atoms with Gasteiger partial charge in [0.2, 0.25) is 5.78 Å². The van der Waals surface area contributed by atoms with Gasteiger partial charge in [0.1, 0.15) is 17.4 Å². The van der Waals surface area contributed by atoms with Crippen molar-refractivity contribution in [1.82, 2.24) is 0 Å². The van der Waals surface area contributed by atoms with Crippen molar-refractivity contribution in [2.24, 2.45) is 0 Å². The van der Waals surface area contributed by atoms with E-state index in [2.05, 4.69) is 0 Å². The van der Waals surface area contributed by atoms with Crippen molar-refractivity contribution in [3.05, 3.63) is 93.5 Å². The number of Topliss-reactive ketones (excluding diaryl/α,β-unsaturated/α-hetero) is 1. The smallest absolute Gasteiger partial charge is 0.318 e. The van der Waals surface area contributed by atoms with Crippen LogP contribution in [0.2, 0.25) is 10.0 Å². The summed E-state index contributed by atoms with van der Waals surface area (Å²) < 4.78 is 11.2. The van der Waals surface area contributed by atoms with Crippen LogP contribution in [0, 0.1) is 0 Å². The second-order valence-electron chi connectivity index (χ2n) is 6.27. The van der Waals surface area contributed by atoms with Gasteiger partial charge in [0.05, 0.1) is 5.02 Å². The molecule has 0 amide bonds. The van der Waals surface area contributed by atoms with E-state index < -0.39 is 24.3 Å². The van der Waals surface area contributed by atoms with Crippen LogP contribution in [0.25, 0.3) is 0 Å². The molecule has 0 radical (unpaired) electrons. The molecular formula is C22H14Cl2O4. The van der Waals surface area contributed by atoms with E-state index in [1.807, 2.05) is 36.4 Å². The van der Waals surface area contributed by atoms with Gasteiger partial charge in [-0.2, -0.15) is 0 Å². The molecule has 3 aromatic carbocycles. The Morgan fingerprint density at radius 3 is 2.11 bits per heavy atom. The highest BCUT2D eigenvalue weighted by atomic mass is 35.5. The Bertz CT molecular complexity index is 1030. The van der Waals surface area contributed by atoms with E-state index in [1.54, 1.807) is 18.2 Å². The lowest BCUT2D eigenvalue weighted by molar-refractivity contribution is -0.143. The number of rotatable bonds is 4. The van der Waals surface area contributed by atoms with Crippen molar-refractivity contribution >= 4 is 35.0 Å². The van der Waals surface area contributed by atoms with Crippen LogP contribution in [0.15, 0.2) is 66.7 Å². The number of para-hydroxylation sites is 2. The molecule has 1 aliphatic heterocycles. The Morgan fingerprint density at radius 2 is 1.50 bits per heavy atom. The van der Waals surface area contributed by atoms with Gasteiger partial charge >= 0.3 is 5.97 Å². The number of carbonyl (C=O) groups excluding carboxylic acids is 2. The highest BCUT2D eigenvalue weighted by Crippen LogP contribution is 2.44. The SMILES string of the molecule is O=C(COC(=O)C1c2ccccc2Oc2ccccc21)c1ccc(Cl)cc1Cl. The quantitative estimate of drug-likeness (QED) is 0.409. The molecule has 1 heterocycles. The van der Waals surface area contributed by atoms with Crippen LogP contribution in [-0.2, 0) is 9.53 Å². The van der Waals surface area contributed by atoms with E-state index in [0.29, 0.717) is 27.6 Å². The molecule has 140 valence electrons. The first-order valence-electron chi connectivity index (χ1n) is 8.55. The van der Waals surface area contributed by atoms with Crippen molar-refractivity contribution in [3.8, 4) is 11.5 Å². The lowest BCUT2D eigenvalue weighted by Gasteiger charge is -2.26. The van der Waals surface area contributed by atoms with Crippen LogP contribution in [-0.4, -0.2) is 18.4 Å². The third-order valence-corrected chi connectivity index (χ3v) is 5.04. The summed E-state index contributed by atoms with van der Waals surface area (Å²) in [6, 6.07) is 19.1. The van der Waals surface area contributed by atoms with Crippen LogP contribution < -0.4 is 4.74 Å². The first-order valence-corrected chi connectivity index (χ1v) is 9.31. The minimum Gasteiger partial charge on any atom is -0.457 e. The Morgan fingerprint density at radius 1 is 0.893 bits per heavy atom. The molecule has 0 spiro atoms. The van der Waals surface area contributed by atoms with Gasteiger partial charge in [-0.05, 0) is 30.3 Å². The normalized spacial score (nSPS) is 12.5. The van der Waals surface area contributed by atoms with Gasteiger partial charge in [-0.1, -0.05) is 59.6 Å². The van der Waals surface area contributed by atoms with E-state index >= 15 is 0 Å². The summed E-state index contributed by atoms with van der Waals surface area (Å²) in [5, 5.41) is 0.643. The van der Waals surface area contributed by atoms with Crippen LogP contribution in [0.3, 0.4) is 0 Å². The summed E-state index contributed by atoms with van der Waals surface area (Å²) in [6.45, 7) is -0.415. The second kappa shape index (κ2) is 7.66. The molecule has 3 aromatic rings. The molecule has 0 unspecified atom stereocenters. The van der Waals surface area contributed by atoms with E-state index in [0.717, 1.165) is 0 Å². The molecule has 6 heteroatoms. The Hall–Kier alpha value is -2.82. The van der Waals surface area contributed by atoms with Crippen LogP contribution in [0.4, 0.5) is 0 Å². The largest absolute Gasteiger partial charge is 0.457 e. The zero-order valence-corrected chi connectivity index (χ0v) is 16.0. The van der Waals surface area contributed by atoms with E-state index in [4.69, 9.17) is 32.7 Å². The number of hydrogen-bond donors (Lipinski definition) is 0. The predicted molar refractivity (Wildman–Crippen MR) is 107 cm³/mol. The minimum absolute atomic E-state index is 0.218. The third kappa shape index (κ3) is 3.49. The zero-order valence-electron chi connectivity index (χ0n) is 14.5. The fourth-order valence-corrected chi connectivity index (χ4v) is 3.69. The maximum Gasteiger partial charge on any atom is 0.318 e. The second-order valence-corrected chi connectivity index (χ2v) is 7.11. The topological polar surface area (TPSA) is 52.6 Å². The molecule has 0 saturated carbocycles. The summed E-state index contributed by atoms with van der Waals surface area (Å²) in [5.74, 6) is -0.412. The first kappa shape index (κ1) is 18.5. The average Bonchev–Trinajstić information content (AvgIpc) is 2.70. The number of hydrogen-bond acceptors (Lipinski definition) is 4. The molecule has 4 rings (SSSR count). The summed E-state index contributed by atoms with van der Waals surface area (Å²) in [7, 11) is 0. The zero-order chi connectivity index (χ0) is 19.7. The summed E-state index contributed by atoms with van der Waals surface area (Å²) in [6.07, 6.45) is 0. The predicted octanol–water partition coefficient (Wildman–Crippen LogP) is 5.66. The number of halogens is 2. The summed E-state index contributed by atoms with van der Waals surface area (Å²) >= 11 is 11.9. The monoisotopic (exact) mass is 412 g/mol. The maximum atomic E-state index is 12.9. The van der Waals surface area contributed by atoms with Crippen molar-refractivity contribution in [2.45, 2.75) is 5.92 Å². The Labute approximate surface area is 171 Å². The lowest BCUT2D eigenvalue weighted by atomic mass is 9.88. The molecule has 0 aromatic heterocycles. The number of carbonyl (C=O) groups is 2. The molecule has 1 aliphatic rings. The fraction of sp³-hybridized carbons (Fsp3) is 0.0909. The van der Waals surface area contributed by atoms with Crippen LogP contribution in [0.5, 0.6) is 11.5 Å². The molecule has 28 heavy (non-hydrogen) atoms. The maximum absolute atomic E-state index is 12.9. The van der Waals surface area contributed by atoms with E-state index in [-0.39, 0.29) is 10.6 Å². The molecule has 0 saturated heterocycles. The molecular weight excluding hydrogens is 399 g/mol. The minimum atomic E-state index is -0.672. The van der Waals surface area contributed by atoms with Crippen molar-refractivity contribution in [3.63, 3.8) is 0 Å². The highest BCUT2D eigenvalue weighted by Gasteiger charge is 2.34. The highest BCUT2D eigenvalue weighted by molar-refractivity contribution is 6.36. The van der Waals surface area contributed by atoms with E-state index in [9.17, 15) is 9.59 Å². The Balaban J connectivity index is 1.58. The number of ether oxygens (including phenoxy) is 2. The number of ketones is 1. The number of benzene rings is 3. The van der Waals surface area contributed by atoms with Gasteiger partial charge in [0.25, 0.3) is 0 Å². The molecule has 0 atom stereocenters. The Kier molecular flexibility index (Phi) is 5.07. The molecule has 0 N–H and O–H groups in total.